The quantitative estimate of drug-likeness (QED) is 0.921. The minimum absolute atomic E-state index is 0.974. The SMILES string of the molecule is CNCc1cc(CN2CCCc3ccccc32)c(C)s1. The van der Waals surface area contributed by atoms with Crippen molar-refractivity contribution in [3.8, 4) is 0 Å². The van der Waals surface area contributed by atoms with Crippen LogP contribution in [0.3, 0.4) is 0 Å². The van der Waals surface area contributed by atoms with Gasteiger partial charge in [-0.2, -0.15) is 0 Å². The van der Waals surface area contributed by atoms with Crippen LogP contribution < -0.4 is 10.2 Å². The molecule has 106 valence electrons. The molecule has 1 N–H and O–H groups in total. The summed E-state index contributed by atoms with van der Waals surface area (Å²) in [6.45, 7) is 5.44. The first-order valence-electron chi connectivity index (χ1n) is 7.33. The van der Waals surface area contributed by atoms with Crippen LogP contribution in [0.2, 0.25) is 0 Å². The van der Waals surface area contributed by atoms with Crippen LogP contribution in [0.25, 0.3) is 0 Å². The van der Waals surface area contributed by atoms with E-state index in [1.807, 2.05) is 18.4 Å². The maximum atomic E-state index is 3.24. The highest BCUT2D eigenvalue weighted by atomic mass is 32.1. The summed E-state index contributed by atoms with van der Waals surface area (Å²) in [6.07, 6.45) is 2.49. The molecule has 0 radical (unpaired) electrons. The summed E-state index contributed by atoms with van der Waals surface area (Å²) in [4.78, 5) is 5.43. The lowest BCUT2D eigenvalue weighted by Gasteiger charge is -2.31. The molecule has 0 unspecified atom stereocenters. The number of thiophene rings is 1. The molecule has 0 spiro atoms. The Bertz CT molecular complexity index is 588. The molecule has 0 bridgehead atoms. The highest BCUT2D eigenvalue weighted by molar-refractivity contribution is 7.12. The van der Waals surface area contributed by atoms with Gasteiger partial charge >= 0.3 is 0 Å². The van der Waals surface area contributed by atoms with E-state index in [9.17, 15) is 0 Å². The molecule has 3 rings (SSSR count). The van der Waals surface area contributed by atoms with Crippen LogP contribution in [0.15, 0.2) is 30.3 Å². The van der Waals surface area contributed by atoms with Crippen LogP contribution in [0.1, 0.15) is 27.3 Å². The molecular formula is C17H22N2S. The van der Waals surface area contributed by atoms with Crippen molar-refractivity contribution in [3.63, 3.8) is 0 Å². The second-order valence-electron chi connectivity index (χ2n) is 5.48. The first kappa shape index (κ1) is 13.7. The molecule has 1 aromatic carbocycles. The van der Waals surface area contributed by atoms with Gasteiger partial charge < -0.3 is 10.2 Å². The third-order valence-corrected chi connectivity index (χ3v) is 5.08. The summed E-state index contributed by atoms with van der Waals surface area (Å²) in [5, 5.41) is 3.24. The molecule has 0 aliphatic carbocycles. The number of anilines is 1. The van der Waals surface area contributed by atoms with Gasteiger partial charge in [0.05, 0.1) is 0 Å². The Labute approximate surface area is 125 Å². The second-order valence-corrected chi connectivity index (χ2v) is 6.82. The average Bonchev–Trinajstić information content (AvgIpc) is 2.80. The summed E-state index contributed by atoms with van der Waals surface area (Å²) in [5.41, 5.74) is 4.42. The van der Waals surface area contributed by atoms with Gasteiger partial charge in [-0.15, -0.1) is 11.3 Å². The topological polar surface area (TPSA) is 15.3 Å². The first-order chi connectivity index (χ1) is 9.78. The molecule has 2 aromatic rings. The number of hydrogen-bond donors (Lipinski definition) is 1. The maximum Gasteiger partial charge on any atom is 0.0440 e. The molecule has 2 nitrogen and oxygen atoms in total. The van der Waals surface area contributed by atoms with E-state index in [2.05, 4.69) is 47.5 Å². The maximum absolute atomic E-state index is 3.24. The minimum atomic E-state index is 0.974. The third kappa shape index (κ3) is 2.74. The predicted octanol–water partition coefficient (Wildman–Crippen LogP) is 3.73. The van der Waals surface area contributed by atoms with Crippen LogP contribution in [-0.4, -0.2) is 13.6 Å². The smallest absolute Gasteiger partial charge is 0.0440 e. The fourth-order valence-corrected chi connectivity index (χ4v) is 4.05. The molecule has 1 aliphatic rings. The normalized spacial score (nSPS) is 14.4. The minimum Gasteiger partial charge on any atom is -0.367 e. The van der Waals surface area contributed by atoms with Gasteiger partial charge in [0.1, 0.15) is 0 Å². The molecule has 0 saturated carbocycles. The molecule has 3 heteroatoms. The number of nitrogens with zero attached hydrogens (tertiary/aromatic N) is 1. The van der Waals surface area contributed by atoms with Gasteiger partial charge in [0.25, 0.3) is 0 Å². The van der Waals surface area contributed by atoms with Crippen LogP contribution in [0.4, 0.5) is 5.69 Å². The van der Waals surface area contributed by atoms with Crippen LogP contribution in [-0.2, 0) is 19.5 Å². The Morgan fingerprint density at radius 2 is 2.15 bits per heavy atom. The van der Waals surface area contributed by atoms with Gasteiger partial charge in [-0.05, 0) is 50.1 Å². The zero-order chi connectivity index (χ0) is 13.9. The van der Waals surface area contributed by atoms with E-state index in [0.29, 0.717) is 0 Å². The third-order valence-electron chi connectivity index (χ3n) is 3.99. The number of fused-ring (bicyclic) bond motifs is 1. The van der Waals surface area contributed by atoms with Crippen molar-refractivity contribution in [2.45, 2.75) is 32.9 Å². The average molecular weight is 286 g/mol. The molecule has 1 aliphatic heterocycles. The van der Waals surface area contributed by atoms with Crippen LogP contribution in [0.5, 0.6) is 0 Å². The van der Waals surface area contributed by atoms with E-state index < -0.39 is 0 Å². The molecule has 0 fully saturated rings. The van der Waals surface area contributed by atoms with Gasteiger partial charge in [-0.3, -0.25) is 0 Å². The zero-order valence-corrected chi connectivity index (χ0v) is 13.1. The number of para-hydroxylation sites is 1. The summed E-state index contributed by atoms with van der Waals surface area (Å²) in [5.74, 6) is 0. The zero-order valence-electron chi connectivity index (χ0n) is 12.3. The van der Waals surface area contributed by atoms with Crippen LogP contribution >= 0.6 is 11.3 Å². The number of hydrogen-bond acceptors (Lipinski definition) is 3. The Morgan fingerprint density at radius 1 is 1.30 bits per heavy atom. The van der Waals surface area contributed by atoms with Gasteiger partial charge in [-0.25, -0.2) is 0 Å². The lowest BCUT2D eigenvalue weighted by atomic mass is 10.0. The molecular weight excluding hydrogens is 264 g/mol. The van der Waals surface area contributed by atoms with E-state index >= 15 is 0 Å². The Hall–Kier alpha value is -1.32. The standard InChI is InChI=1S/C17H22N2S/c1-13-15(10-16(20-13)11-18-2)12-19-9-5-7-14-6-3-4-8-17(14)19/h3-4,6,8,10,18H,5,7,9,11-12H2,1-2H3. The first-order valence-corrected chi connectivity index (χ1v) is 8.15. The summed E-state index contributed by atoms with van der Waals surface area (Å²) >= 11 is 1.92. The van der Waals surface area contributed by atoms with Crippen molar-refractivity contribution in [1.82, 2.24) is 5.32 Å². The van der Waals surface area contributed by atoms with E-state index in [0.717, 1.165) is 13.1 Å². The van der Waals surface area contributed by atoms with Gasteiger partial charge in [0.15, 0.2) is 0 Å². The van der Waals surface area contributed by atoms with Crippen molar-refractivity contribution >= 4 is 17.0 Å². The summed E-state index contributed by atoms with van der Waals surface area (Å²) in [6, 6.07) is 11.2. The lowest BCUT2D eigenvalue weighted by molar-refractivity contribution is 0.690. The highest BCUT2D eigenvalue weighted by Gasteiger charge is 2.17. The Morgan fingerprint density at radius 3 is 3.00 bits per heavy atom. The van der Waals surface area contributed by atoms with Crippen molar-refractivity contribution in [2.75, 3.05) is 18.5 Å². The monoisotopic (exact) mass is 286 g/mol. The number of benzene rings is 1. The van der Waals surface area contributed by atoms with E-state index in [-0.39, 0.29) is 0 Å². The number of nitrogens with one attached hydrogen (secondary N) is 1. The largest absolute Gasteiger partial charge is 0.367 e. The van der Waals surface area contributed by atoms with Gasteiger partial charge in [0.2, 0.25) is 0 Å². The van der Waals surface area contributed by atoms with Gasteiger partial charge in [-0.1, -0.05) is 18.2 Å². The number of aryl methyl sites for hydroxylation is 2. The Balaban J connectivity index is 1.82. The summed E-state index contributed by atoms with van der Waals surface area (Å²) < 4.78 is 0. The van der Waals surface area contributed by atoms with E-state index in [4.69, 9.17) is 0 Å². The fourth-order valence-electron chi connectivity index (χ4n) is 2.99. The molecule has 0 atom stereocenters. The highest BCUT2D eigenvalue weighted by Crippen LogP contribution is 2.30. The molecule has 1 aromatic heterocycles. The molecule has 20 heavy (non-hydrogen) atoms. The van der Waals surface area contributed by atoms with Crippen molar-refractivity contribution in [3.05, 3.63) is 51.2 Å². The van der Waals surface area contributed by atoms with Crippen molar-refractivity contribution in [1.29, 1.82) is 0 Å². The molecule has 0 saturated heterocycles. The summed E-state index contributed by atoms with van der Waals surface area (Å²) in [7, 11) is 2.01. The fraction of sp³-hybridized carbons (Fsp3) is 0.412. The van der Waals surface area contributed by atoms with Crippen LogP contribution in [0, 0.1) is 6.92 Å². The Kier molecular flexibility index (Phi) is 4.08. The van der Waals surface area contributed by atoms with E-state index in [1.54, 1.807) is 0 Å². The van der Waals surface area contributed by atoms with Gasteiger partial charge in [0, 0.05) is 35.1 Å². The molecule has 0 amide bonds. The number of rotatable bonds is 4. The predicted molar refractivity (Wildman–Crippen MR) is 87.6 cm³/mol. The second kappa shape index (κ2) is 5.98. The van der Waals surface area contributed by atoms with Crippen molar-refractivity contribution < 1.29 is 0 Å². The molecule has 2 heterocycles. The van der Waals surface area contributed by atoms with E-state index in [1.165, 1.54) is 46.0 Å². The lowest BCUT2D eigenvalue weighted by Crippen LogP contribution is -2.28. The van der Waals surface area contributed by atoms with Crippen molar-refractivity contribution in [2.24, 2.45) is 0 Å².